The number of ether oxygens (including phenoxy) is 1. The Morgan fingerprint density at radius 1 is 0.974 bits per heavy atom. The Morgan fingerprint density at radius 3 is 2.34 bits per heavy atom. The second kappa shape index (κ2) is 12.1. The van der Waals surface area contributed by atoms with Gasteiger partial charge in [-0.05, 0) is 60.9 Å². The third kappa shape index (κ3) is 6.19. The first-order chi connectivity index (χ1) is 18.7. The van der Waals surface area contributed by atoms with E-state index in [4.69, 9.17) is 9.84 Å². The topological polar surface area (TPSA) is 79.9 Å². The lowest BCUT2D eigenvalue weighted by Gasteiger charge is -2.22. The van der Waals surface area contributed by atoms with Gasteiger partial charge in [-0.3, -0.25) is 4.79 Å². The number of hydrogen-bond donors (Lipinski definition) is 1. The fraction of sp³-hybridized carbons (Fsp3) is 0.219. The van der Waals surface area contributed by atoms with Gasteiger partial charge in [0.2, 0.25) is 0 Å². The summed E-state index contributed by atoms with van der Waals surface area (Å²) >= 11 is 0. The number of hydrogen-bond acceptors (Lipinski definition) is 4. The SMILES string of the molecule is N#C/C(=C\c1cn(-c2ccccc2)nc1-c1ccc(OCc2ccccc2)cc1)C(=O)NC1CCCCC1. The highest BCUT2D eigenvalue weighted by molar-refractivity contribution is 6.02. The summed E-state index contributed by atoms with van der Waals surface area (Å²) in [5.41, 5.74) is 4.31. The summed E-state index contributed by atoms with van der Waals surface area (Å²) in [6, 6.07) is 29.7. The summed E-state index contributed by atoms with van der Waals surface area (Å²) in [6.07, 6.45) is 8.83. The predicted molar refractivity (Wildman–Crippen MR) is 148 cm³/mol. The van der Waals surface area contributed by atoms with Gasteiger partial charge >= 0.3 is 0 Å². The van der Waals surface area contributed by atoms with Crippen molar-refractivity contribution in [3.05, 3.63) is 108 Å². The van der Waals surface area contributed by atoms with Crippen LogP contribution in [-0.4, -0.2) is 21.7 Å². The Kier molecular flexibility index (Phi) is 7.95. The molecule has 0 saturated heterocycles. The molecule has 4 aromatic rings. The van der Waals surface area contributed by atoms with Crippen LogP contribution >= 0.6 is 0 Å². The average molecular weight is 503 g/mol. The van der Waals surface area contributed by atoms with E-state index >= 15 is 0 Å². The van der Waals surface area contributed by atoms with Crippen LogP contribution in [0.3, 0.4) is 0 Å². The van der Waals surface area contributed by atoms with Crippen LogP contribution in [0.2, 0.25) is 0 Å². The molecule has 5 rings (SSSR count). The van der Waals surface area contributed by atoms with Crippen molar-refractivity contribution < 1.29 is 9.53 Å². The van der Waals surface area contributed by atoms with Crippen molar-refractivity contribution in [2.45, 2.75) is 44.8 Å². The smallest absolute Gasteiger partial charge is 0.262 e. The van der Waals surface area contributed by atoms with Crippen LogP contribution < -0.4 is 10.1 Å². The monoisotopic (exact) mass is 502 g/mol. The Morgan fingerprint density at radius 2 is 1.66 bits per heavy atom. The molecule has 1 amide bonds. The highest BCUT2D eigenvalue weighted by Crippen LogP contribution is 2.28. The lowest BCUT2D eigenvalue weighted by atomic mass is 9.95. The number of benzene rings is 3. The zero-order valence-corrected chi connectivity index (χ0v) is 21.2. The number of nitrogens with one attached hydrogen (secondary N) is 1. The van der Waals surface area contributed by atoms with E-state index in [9.17, 15) is 10.1 Å². The third-order valence-electron chi connectivity index (χ3n) is 6.74. The zero-order valence-electron chi connectivity index (χ0n) is 21.2. The van der Waals surface area contributed by atoms with Crippen molar-refractivity contribution in [3.8, 4) is 28.8 Å². The van der Waals surface area contributed by atoms with Gasteiger partial charge in [-0.25, -0.2) is 4.68 Å². The maximum absolute atomic E-state index is 13.0. The van der Waals surface area contributed by atoms with Crippen molar-refractivity contribution in [2.24, 2.45) is 0 Å². The van der Waals surface area contributed by atoms with Crippen LogP contribution in [0, 0.1) is 11.3 Å². The first kappa shape index (κ1) is 25.0. The normalized spacial score (nSPS) is 14.0. The molecule has 1 aliphatic rings. The summed E-state index contributed by atoms with van der Waals surface area (Å²) in [5, 5.41) is 17.7. The van der Waals surface area contributed by atoms with E-state index in [1.807, 2.05) is 91.1 Å². The highest BCUT2D eigenvalue weighted by Gasteiger charge is 2.19. The van der Waals surface area contributed by atoms with E-state index in [0.717, 1.165) is 48.2 Å². The number of nitriles is 1. The Balaban J connectivity index is 1.42. The van der Waals surface area contributed by atoms with Gasteiger partial charge in [0.25, 0.3) is 5.91 Å². The van der Waals surface area contributed by atoms with Crippen molar-refractivity contribution in [1.82, 2.24) is 15.1 Å². The predicted octanol–water partition coefficient (Wildman–Crippen LogP) is 6.47. The molecule has 3 aromatic carbocycles. The molecule has 0 bridgehead atoms. The minimum atomic E-state index is -0.331. The molecule has 1 heterocycles. The Bertz CT molecular complexity index is 1430. The quantitative estimate of drug-likeness (QED) is 0.221. The van der Waals surface area contributed by atoms with Crippen molar-refractivity contribution in [1.29, 1.82) is 5.26 Å². The Hall–Kier alpha value is -4.63. The van der Waals surface area contributed by atoms with E-state index in [1.54, 1.807) is 10.8 Å². The van der Waals surface area contributed by atoms with E-state index in [-0.39, 0.29) is 17.5 Å². The average Bonchev–Trinajstić information content (AvgIpc) is 3.40. The first-order valence-electron chi connectivity index (χ1n) is 13.0. The van der Waals surface area contributed by atoms with Crippen LogP contribution in [-0.2, 0) is 11.4 Å². The van der Waals surface area contributed by atoms with E-state index in [2.05, 4.69) is 11.4 Å². The van der Waals surface area contributed by atoms with Crippen LogP contribution in [0.4, 0.5) is 0 Å². The molecular weight excluding hydrogens is 472 g/mol. The van der Waals surface area contributed by atoms with Crippen LogP contribution in [0.25, 0.3) is 23.0 Å². The molecule has 1 aromatic heterocycles. The van der Waals surface area contributed by atoms with Gasteiger partial charge in [0.05, 0.1) is 11.4 Å². The minimum absolute atomic E-state index is 0.0762. The Labute approximate surface area is 223 Å². The third-order valence-corrected chi connectivity index (χ3v) is 6.74. The molecule has 1 N–H and O–H groups in total. The van der Waals surface area contributed by atoms with Gasteiger partial charge in [-0.2, -0.15) is 10.4 Å². The summed E-state index contributed by atoms with van der Waals surface area (Å²) in [6.45, 7) is 0.485. The number of carbonyl (C=O) groups is 1. The lowest BCUT2D eigenvalue weighted by Crippen LogP contribution is -2.36. The number of aromatic nitrogens is 2. The van der Waals surface area contributed by atoms with Crippen molar-refractivity contribution >= 4 is 12.0 Å². The van der Waals surface area contributed by atoms with E-state index < -0.39 is 0 Å². The summed E-state index contributed by atoms with van der Waals surface area (Å²) < 4.78 is 7.71. The first-order valence-corrected chi connectivity index (χ1v) is 13.0. The minimum Gasteiger partial charge on any atom is -0.489 e. The largest absolute Gasteiger partial charge is 0.489 e. The molecule has 38 heavy (non-hydrogen) atoms. The molecule has 1 fully saturated rings. The fourth-order valence-corrected chi connectivity index (χ4v) is 4.69. The number of rotatable bonds is 8. The summed E-state index contributed by atoms with van der Waals surface area (Å²) in [7, 11) is 0. The highest BCUT2D eigenvalue weighted by atomic mass is 16.5. The fourth-order valence-electron chi connectivity index (χ4n) is 4.69. The summed E-state index contributed by atoms with van der Waals surface area (Å²) in [5.74, 6) is 0.421. The maximum atomic E-state index is 13.0. The molecular formula is C32H30N4O2. The number of para-hydroxylation sites is 1. The van der Waals surface area contributed by atoms with E-state index in [0.29, 0.717) is 17.9 Å². The van der Waals surface area contributed by atoms with Gasteiger partial charge in [0.1, 0.15) is 24.0 Å². The molecule has 0 radical (unpaired) electrons. The van der Waals surface area contributed by atoms with E-state index in [1.165, 1.54) is 6.42 Å². The second-order valence-corrected chi connectivity index (χ2v) is 9.49. The summed E-state index contributed by atoms with van der Waals surface area (Å²) in [4.78, 5) is 13.0. The molecule has 6 nitrogen and oxygen atoms in total. The van der Waals surface area contributed by atoms with Crippen LogP contribution in [0.5, 0.6) is 5.75 Å². The molecule has 6 heteroatoms. The molecule has 0 unspecified atom stereocenters. The van der Waals surface area contributed by atoms with Gasteiger partial charge in [-0.1, -0.05) is 67.8 Å². The number of carbonyl (C=O) groups excluding carboxylic acids is 1. The van der Waals surface area contributed by atoms with Gasteiger partial charge in [-0.15, -0.1) is 0 Å². The second-order valence-electron chi connectivity index (χ2n) is 9.49. The van der Waals surface area contributed by atoms with Gasteiger partial charge in [0, 0.05) is 23.4 Å². The van der Waals surface area contributed by atoms with Crippen molar-refractivity contribution in [2.75, 3.05) is 0 Å². The molecule has 0 atom stereocenters. The van der Waals surface area contributed by atoms with Crippen molar-refractivity contribution in [3.63, 3.8) is 0 Å². The zero-order chi connectivity index (χ0) is 26.2. The standard InChI is InChI=1S/C32H30N4O2/c33-21-26(32(37)34-28-12-6-2-7-13-28)20-27-22-36(29-14-8-3-9-15-29)35-31(27)25-16-18-30(19-17-25)38-23-24-10-4-1-5-11-24/h1,3-5,8-11,14-20,22,28H,2,6-7,12-13,23H2,(H,34,37)/b26-20+. The molecule has 0 spiro atoms. The molecule has 1 aliphatic carbocycles. The van der Waals surface area contributed by atoms with Gasteiger partial charge < -0.3 is 10.1 Å². The maximum Gasteiger partial charge on any atom is 0.262 e. The molecule has 1 saturated carbocycles. The molecule has 190 valence electrons. The van der Waals surface area contributed by atoms with Gasteiger partial charge in [0.15, 0.2) is 0 Å². The van der Waals surface area contributed by atoms with Crippen LogP contribution in [0.1, 0.15) is 43.2 Å². The van der Waals surface area contributed by atoms with Crippen LogP contribution in [0.15, 0.2) is 96.7 Å². The lowest BCUT2D eigenvalue weighted by molar-refractivity contribution is -0.117. The number of amides is 1. The number of nitrogens with zero attached hydrogens (tertiary/aromatic N) is 3. The molecule has 0 aliphatic heterocycles.